The first kappa shape index (κ1) is 17.3. The summed E-state index contributed by atoms with van der Waals surface area (Å²) in [6, 6.07) is 5.39. The maximum atomic E-state index is 12.4. The first-order chi connectivity index (χ1) is 12.8. The van der Waals surface area contributed by atoms with Crippen molar-refractivity contribution < 1.29 is 14.3 Å². The molecule has 4 rings (SSSR count). The van der Waals surface area contributed by atoms with Gasteiger partial charge in [-0.15, -0.1) is 0 Å². The molecule has 0 atom stereocenters. The first-order valence-corrected chi connectivity index (χ1v) is 8.80. The Morgan fingerprint density at radius 2 is 2.00 bits per heavy atom. The molecule has 0 aliphatic carbocycles. The molecule has 1 aliphatic heterocycles. The number of ether oxygens (including phenoxy) is 2. The molecule has 0 spiro atoms. The molecule has 8 heteroatoms. The van der Waals surface area contributed by atoms with Crippen LogP contribution in [0.5, 0.6) is 11.5 Å². The van der Waals surface area contributed by atoms with Gasteiger partial charge in [-0.05, 0) is 38.0 Å². The zero-order valence-corrected chi connectivity index (χ0v) is 15.7. The van der Waals surface area contributed by atoms with E-state index in [1.54, 1.807) is 22.7 Å². The predicted octanol–water partition coefficient (Wildman–Crippen LogP) is 2.82. The SMILES string of the molecule is Cc1nc2ncnn2c(C)c1CCC(=O)Nc1ccc2c(c1)OC(C)(C)O2. The van der Waals surface area contributed by atoms with Gasteiger partial charge in [-0.25, -0.2) is 9.50 Å². The Labute approximate surface area is 156 Å². The van der Waals surface area contributed by atoms with Gasteiger partial charge in [0.05, 0.1) is 0 Å². The fourth-order valence-corrected chi connectivity index (χ4v) is 3.28. The summed E-state index contributed by atoms with van der Waals surface area (Å²) in [5, 5.41) is 7.09. The van der Waals surface area contributed by atoms with E-state index < -0.39 is 5.79 Å². The van der Waals surface area contributed by atoms with Gasteiger partial charge in [-0.1, -0.05) is 0 Å². The lowest BCUT2D eigenvalue weighted by Crippen LogP contribution is -2.29. The molecule has 0 radical (unpaired) electrons. The molecule has 1 aliphatic rings. The fraction of sp³-hybridized carbons (Fsp3) is 0.368. The number of benzene rings is 1. The third-order valence-corrected chi connectivity index (χ3v) is 4.53. The molecular weight excluding hydrogens is 346 g/mol. The molecule has 3 aromatic rings. The number of hydrogen-bond acceptors (Lipinski definition) is 6. The minimum atomic E-state index is -0.687. The Morgan fingerprint density at radius 1 is 1.22 bits per heavy atom. The normalized spacial score (nSPS) is 14.5. The Morgan fingerprint density at radius 3 is 2.81 bits per heavy atom. The number of amides is 1. The number of aryl methyl sites for hydroxylation is 2. The summed E-state index contributed by atoms with van der Waals surface area (Å²) in [5.74, 6) is 1.11. The highest BCUT2D eigenvalue weighted by atomic mass is 16.7. The highest BCUT2D eigenvalue weighted by Gasteiger charge is 2.31. The van der Waals surface area contributed by atoms with E-state index in [0.717, 1.165) is 17.0 Å². The van der Waals surface area contributed by atoms with Crippen LogP contribution in [0.15, 0.2) is 24.5 Å². The van der Waals surface area contributed by atoms with E-state index in [2.05, 4.69) is 20.4 Å². The van der Waals surface area contributed by atoms with Crippen molar-refractivity contribution in [2.45, 2.75) is 46.3 Å². The average molecular weight is 367 g/mol. The molecule has 0 saturated heterocycles. The molecule has 1 N–H and O–H groups in total. The Balaban J connectivity index is 1.44. The van der Waals surface area contributed by atoms with Gasteiger partial charge in [0.2, 0.25) is 11.7 Å². The molecule has 0 saturated carbocycles. The lowest BCUT2D eigenvalue weighted by Gasteiger charge is -2.16. The van der Waals surface area contributed by atoms with E-state index in [4.69, 9.17) is 9.47 Å². The smallest absolute Gasteiger partial charge is 0.252 e. The van der Waals surface area contributed by atoms with Crippen LogP contribution < -0.4 is 14.8 Å². The quantitative estimate of drug-likeness (QED) is 0.762. The molecule has 1 amide bonds. The maximum Gasteiger partial charge on any atom is 0.252 e. The molecule has 1 aromatic carbocycles. The van der Waals surface area contributed by atoms with E-state index in [1.165, 1.54) is 6.33 Å². The average Bonchev–Trinajstić information content (AvgIpc) is 3.16. The number of anilines is 1. The molecule has 3 heterocycles. The van der Waals surface area contributed by atoms with Gasteiger partial charge in [0, 0.05) is 43.4 Å². The minimum absolute atomic E-state index is 0.0781. The van der Waals surface area contributed by atoms with Crippen LogP contribution in [0, 0.1) is 13.8 Å². The largest absolute Gasteiger partial charge is 0.449 e. The summed E-state index contributed by atoms with van der Waals surface area (Å²) in [7, 11) is 0. The lowest BCUT2D eigenvalue weighted by atomic mass is 10.1. The van der Waals surface area contributed by atoms with E-state index in [0.29, 0.717) is 35.8 Å². The van der Waals surface area contributed by atoms with Crippen LogP contribution in [0.4, 0.5) is 5.69 Å². The number of carbonyl (C=O) groups excluding carboxylic acids is 1. The molecule has 0 unspecified atom stereocenters. The molecule has 2 aromatic heterocycles. The maximum absolute atomic E-state index is 12.4. The second kappa shape index (κ2) is 6.22. The molecule has 140 valence electrons. The molecular formula is C19H21N5O3. The van der Waals surface area contributed by atoms with E-state index >= 15 is 0 Å². The van der Waals surface area contributed by atoms with Gasteiger partial charge < -0.3 is 14.8 Å². The molecule has 8 nitrogen and oxygen atoms in total. The number of hydrogen-bond donors (Lipinski definition) is 1. The zero-order valence-electron chi connectivity index (χ0n) is 15.7. The van der Waals surface area contributed by atoms with Crippen molar-refractivity contribution in [3.8, 4) is 11.5 Å². The van der Waals surface area contributed by atoms with Gasteiger partial charge in [-0.3, -0.25) is 4.79 Å². The third-order valence-electron chi connectivity index (χ3n) is 4.53. The molecule has 0 bridgehead atoms. The first-order valence-electron chi connectivity index (χ1n) is 8.80. The Bertz CT molecular complexity index is 1040. The van der Waals surface area contributed by atoms with Crippen molar-refractivity contribution in [2.75, 3.05) is 5.32 Å². The Hall–Kier alpha value is -3.16. The summed E-state index contributed by atoms with van der Waals surface area (Å²) in [5.41, 5.74) is 3.51. The van der Waals surface area contributed by atoms with Gasteiger partial charge in [0.1, 0.15) is 6.33 Å². The van der Waals surface area contributed by atoms with Crippen molar-refractivity contribution >= 4 is 17.4 Å². The predicted molar refractivity (Wildman–Crippen MR) is 99.0 cm³/mol. The number of rotatable bonds is 4. The van der Waals surface area contributed by atoms with Crippen molar-refractivity contribution in [3.05, 3.63) is 41.5 Å². The number of carbonyl (C=O) groups is 1. The zero-order chi connectivity index (χ0) is 19.2. The van der Waals surface area contributed by atoms with Crippen LogP contribution in [0.1, 0.15) is 37.2 Å². The van der Waals surface area contributed by atoms with Crippen molar-refractivity contribution in [1.82, 2.24) is 19.6 Å². The standard InChI is InChI=1S/C19H21N5O3/c1-11-14(12(2)24-18(22-11)20-10-21-24)6-8-17(25)23-13-5-7-15-16(9-13)27-19(3,4)26-15/h5,7,9-10H,6,8H2,1-4H3,(H,23,25). The van der Waals surface area contributed by atoms with Crippen molar-refractivity contribution in [3.63, 3.8) is 0 Å². The highest BCUT2D eigenvalue weighted by Crippen LogP contribution is 2.40. The summed E-state index contributed by atoms with van der Waals surface area (Å²) in [6.45, 7) is 7.57. The number of nitrogens with zero attached hydrogens (tertiary/aromatic N) is 4. The van der Waals surface area contributed by atoms with Crippen LogP contribution in [-0.2, 0) is 11.2 Å². The van der Waals surface area contributed by atoms with Gasteiger partial charge in [0.25, 0.3) is 5.78 Å². The van der Waals surface area contributed by atoms with Gasteiger partial charge >= 0.3 is 0 Å². The van der Waals surface area contributed by atoms with Crippen molar-refractivity contribution in [1.29, 1.82) is 0 Å². The lowest BCUT2D eigenvalue weighted by molar-refractivity contribution is -0.116. The topological polar surface area (TPSA) is 90.6 Å². The van der Waals surface area contributed by atoms with E-state index in [-0.39, 0.29) is 5.91 Å². The molecule has 27 heavy (non-hydrogen) atoms. The van der Waals surface area contributed by atoms with Crippen LogP contribution in [-0.4, -0.2) is 31.3 Å². The van der Waals surface area contributed by atoms with Crippen LogP contribution in [0.25, 0.3) is 5.78 Å². The second-order valence-electron chi connectivity index (χ2n) is 7.05. The second-order valence-corrected chi connectivity index (χ2v) is 7.05. The summed E-state index contributed by atoms with van der Waals surface area (Å²) in [6.07, 6.45) is 2.39. The number of fused-ring (bicyclic) bond motifs is 2. The van der Waals surface area contributed by atoms with E-state index in [9.17, 15) is 4.79 Å². The Kier molecular flexibility index (Phi) is 3.98. The number of aromatic nitrogens is 4. The third kappa shape index (κ3) is 3.30. The summed E-state index contributed by atoms with van der Waals surface area (Å²) >= 11 is 0. The highest BCUT2D eigenvalue weighted by molar-refractivity contribution is 5.91. The summed E-state index contributed by atoms with van der Waals surface area (Å²) in [4.78, 5) is 21.0. The number of nitrogens with one attached hydrogen (secondary N) is 1. The van der Waals surface area contributed by atoms with Crippen LogP contribution >= 0.6 is 0 Å². The summed E-state index contributed by atoms with van der Waals surface area (Å²) < 4.78 is 13.1. The van der Waals surface area contributed by atoms with Crippen LogP contribution in [0.3, 0.4) is 0 Å². The minimum Gasteiger partial charge on any atom is -0.449 e. The fourth-order valence-electron chi connectivity index (χ4n) is 3.28. The van der Waals surface area contributed by atoms with E-state index in [1.807, 2.05) is 27.7 Å². The van der Waals surface area contributed by atoms with Gasteiger partial charge in [0.15, 0.2) is 11.5 Å². The molecule has 0 fully saturated rings. The van der Waals surface area contributed by atoms with Crippen LogP contribution in [0.2, 0.25) is 0 Å². The van der Waals surface area contributed by atoms with Crippen molar-refractivity contribution in [2.24, 2.45) is 0 Å². The van der Waals surface area contributed by atoms with Gasteiger partial charge in [-0.2, -0.15) is 10.1 Å². The monoisotopic (exact) mass is 367 g/mol.